The molecule has 0 radical (unpaired) electrons. The highest BCUT2D eigenvalue weighted by Gasteiger charge is 2.41. The van der Waals surface area contributed by atoms with Gasteiger partial charge in [-0.05, 0) is 37.4 Å². The first-order valence-electron chi connectivity index (χ1n) is 8.32. The number of carboxylic acids is 1. The van der Waals surface area contributed by atoms with Gasteiger partial charge >= 0.3 is 5.97 Å². The molecule has 1 aliphatic heterocycles. The van der Waals surface area contributed by atoms with Crippen LogP contribution in [0.4, 0.5) is 0 Å². The molecule has 1 aromatic carbocycles. The lowest BCUT2D eigenvalue weighted by Gasteiger charge is -2.40. The Morgan fingerprint density at radius 1 is 1.38 bits per heavy atom. The summed E-state index contributed by atoms with van der Waals surface area (Å²) < 4.78 is 10.6. The van der Waals surface area contributed by atoms with Crippen molar-refractivity contribution in [1.82, 2.24) is 4.90 Å². The zero-order valence-corrected chi connectivity index (χ0v) is 15.4. The third kappa shape index (κ3) is 3.78. The molecule has 1 heterocycles. The van der Waals surface area contributed by atoms with Gasteiger partial charge < -0.3 is 14.6 Å². The molecule has 0 aromatic heterocycles. The number of methoxy groups -OCH3 is 2. The fourth-order valence-corrected chi connectivity index (χ4v) is 3.91. The van der Waals surface area contributed by atoms with E-state index in [0.29, 0.717) is 36.0 Å². The Morgan fingerprint density at radius 3 is 2.71 bits per heavy atom. The topological polar surface area (TPSA) is 59.0 Å². The zero-order chi connectivity index (χ0) is 17.7. The predicted octanol–water partition coefficient (Wildman–Crippen LogP) is 3.82. The standard InChI is InChI=1S/C18H26ClNO4/c1-4-8-18(17(21)22)9-5-10-20(12-18)11-13-6-7-14(23-2)16(24-3)15(13)19/h6-7H,4-5,8-12H2,1-3H3,(H,21,22). The first-order valence-corrected chi connectivity index (χ1v) is 8.70. The molecule has 0 aliphatic carbocycles. The van der Waals surface area contributed by atoms with Crippen LogP contribution in [0.2, 0.25) is 5.02 Å². The van der Waals surface area contributed by atoms with E-state index >= 15 is 0 Å². The van der Waals surface area contributed by atoms with Crippen LogP contribution in [0.5, 0.6) is 11.5 Å². The Balaban J connectivity index is 2.20. The van der Waals surface area contributed by atoms with Crippen LogP contribution in [-0.4, -0.2) is 43.3 Å². The van der Waals surface area contributed by atoms with Crippen molar-refractivity contribution in [3.8, 4) is 11.5 Å². The summed E-state index contributed by atoms with van der Waals surface area (Å²) in [5.41, 5.74) is 0.280. The van der Waals surface area contributed by atoms with Crippen molar-refractivity contribution >= 4 is 17.6 Å². The van der Waals surface area contributed by atoms with E-state index in [1.165, 1.54) is 0 Å². The minimum atomic E-state index is -0.688. The second-order valence-electron chi connectivity index (χ2n) is 6.42. The van der Waals surface area contributed by atoms with Gasteiger partial charge in [-0.25, -0.2) is 0 Å². The average molecular weight is 356 g/mol. The minimum Gasteiger partial charge on any atom is -0.493 e. The van der Waals surface area contributed by atoms with Crippen LogP contribution >= 0.6 is 11.6 Å². The molecule has 1 aliphatic rings. The van der Waals surface area contributed by atoms with Gasteiger partial charge in [-0.15, -0.1) is 0 Å². The normalized spacial score (nSPS) is 21.5. The summed E-state index contributed by atoms with van der Waals surface area (Å²) >= 11 is 6.46. The van der Waals surface area contributed by atoms with E-state index in [2.05, 4.69) is 4.90 Å². The molecule has 2 rings (SSSR count). The maximum Gasteiger partial charge on any atom is 0.310 e. The van der Waals surface area contributed by atoms with Gasteiger partial charge in [0.05, 0.1) is 24.7 Å². The summed E-state index contributed by atoms with van der Waals surface area (Å²) in [4.78, 5) is 14.0. The molecular weight excluding hydrogens is 330 g/mol. The maximum atomic E-state index is 11.8. The fraction of sp³-hybridized carbons (Fsp3) is 0.611. The molecule has 1 atom stereocenters. The summed E-state index contributed by atoms with van der Waals surface area (Å²) in [6.07, 6.45) is 3.21. The number of piperidine rings is 1. The molecule has 6 heteroatoms. The van der Waals surface area contributed by atoms with Gasteiger partial charge in [-0.3, -0.25) is 9.69 Å². The molecule has 1 unspecified atom stereocenters. The number of halogens is 1. The van der Waals surface area contributed by atoms with Crippen LogP contribution < -0.4 is 9.47 Å². The smallest absolute Gasteiger partial charge is 0.310 e. The molecule has 5 nitrogen and oxygen atoms in total. The third-order valence-corrected chi connectivity index (χ3v) is 5.21. The third-order valence-electron chi connectivity index (χ3n) is 4.80. The number of nitrogens with zero attached hydrogens (tertiary/aromatic N) is 1. The first kappa shape index (κ1) is 18.9. The number of carbonyl (C=O) groups is 1. The van der Waals surface area contributed by atoms with Gasteiger partial charge in [0.1, 0.15) is 0 Å². The van der Waals surface area contributed by atoms with Crippen molar-refractivity contribution in [1.29, 1.82) is 0 Å². The number of aliphatic carboxylic acids is 1. The number of ether oxygens (including phenoxy) is 2. The Labute approximate surface area is 148 Å². The summed E-state index contributed by atoms with van der Waals surface area (Å²) in [5, 5.41) is 10.2. The molecule has 0 amide bonds. The molecule has 0 saturated carbocycles. The van der Waals surface area contributed by atoms with Gasteiger partial charge in [-0.1, -0.05) is 31.0 Å². The highest BCUT2D eigenvalue weighted by atomic mass is 35.5. The number of likely N-dealkylation sites (tertiary alicyclic amines) is 1. The van der Waals surface area contributed by atoms with Gasteiger partial charge in [0, 0.05) is 13.1 Å². The number of hydrogen-bond acceptors (Lipinski definition) is 4. The van der Waals surface area contributed by atoms with E-state index in [9.17, 15) is 9.90 Å². The second kappa shape index (κ2) is 8.08. The summed E-state index contributed by atoms with van der Waals surface area (Å²) in [6, 6.07) is 3.75. The van der Waals surface area contributed by atoms with Gasteiger partial charge in [-0.2, -0.15) is 0 Å². The van der Waals surface area contributed by atoms with E-state index in [4.69, 9.17) is 21.1 Å². The summed E-state index contributed by atoms with van der Waals surface area (Å²) in [6.45, 7) is 4.08. The highest BCUT2D eigenvalue weighted by molar-refractivity contribution is 6.33. The SMILES string of the molecule is CCCC1(C(=O)O)CCCN(Cc2ccc(OC)c(OC)c2Cl)C1. The van der Waals surface area contributed by atoms with Crippen LogP contribution in [0.1, 0.15) is 38.2 Å². The van der Waals surface area contributed by atoms with Crippen LogP contribution in [0.15, 0.2) is 12.1 Å². The van der Waals surface area contributed by atoms with Gasteiger partial charge in [0.15, 0.2) is 11.5 Å². The van der Waals surface area contributed by atoms with Crippen LogP contribution in [-0.2, 0) is 11.3 Å². The molecule has 1 fully saturated rings. The number of rotatable bonds is 7. The van der Waals surface area contributed by atoms with Crippen molar-refractivity contribution in [2.24, 2.45) is 5.41 Å². The van der Waals surface area contributed by atoms with Crippen molar-refractivity contribution in [3.63, 3.8) is 0 Å². The molecule has 134 valence electrons. The molecule has 1 N–H and O–H groups in total. The molecule has 1 saturated heterocycles. The Hall–Kier alpha value is -1.46. The van der Waals surface area contributed by atoms with E-state index in [-0.39, 0.29) is 0 Å². The predicted molar refractivity (Wildman–Crippen MR) is 94.0 cm³/mol. The van der Waals surface area contributed by atoms with Crippen LogP contribution in [0, 0.1) is 5.41 Å². The summed E-state index contributed by atoms with van der Waals surface area (Å²) in [7, 11) is 3.13. The molecule has 0 bridgehead atoms. The maximum absolute atomic E-state index is 11.8. The quantitative estimate of drug-likeness (QED) is 0.805. The number of carboxylic acid groups (broad SMARTS) is 1. The second-order valence-corrected chi connectivity index (χ2v) is 6.80. The van der Waals surface area contributed by atoms with Crippen molar-refractivity contribution in [2.75, 3.05) is 27.3 Å². The monoisotopic (exact) mass is 355 g/mol. The lowest BCUT2D eigenvalue weighted by atomic mass is 9.76. The zero-order valence-electron chi connectivity index (χ0n) is 14.6. The Kier molecular flexibility index (Phi) is 6.35. The van der Waals surface area contributed by atoms with Crippen molar-refractivity contribution in [3.05, 3.63) is 22.7 Å². The Bertz CT molecular complexity index is 589. The fourth-order valence-electron chi connectivity index (χ4n) is 3.62. The van der Waals surface area contributed by atoms with E-state index in [0.717, 1.165) is 31.4 Å². The minimum absolute atomic E-state index is 0.520. The van der Waals surface area contributed by atoms with E-state index in [1.807, 2.05) is 19.1 Å². The lowest BCUT2D eigenvalue weighted by Crippen LogP contribution is -2.47. The molecular formula is C18H26ClNO4. The van der Waals surface area contributed by atoms with Gasteiger partial charge in [0.25, 0.3) is 0 Å². The van der Waals surface area contributed by atoms with Crippen molar-refractivity contribution < 1.29 is 19.4 Å². The molecule has 24 heavy (non-hydrogen) atoms. The highest BCUT2D eigenvalue weighted by Crippen LogP contribution is 2.39. The average Bonchev–Trinajstić information content (AvgIpc) is 2.57. The van der Waals surface area contributed by atoms with E-state index < -0.39 is 11.4 Å². The van der Waals surface area contributed by atoms with Crippen LogP contribution in [0.25, 0.3) is 0 Å². The lowest BCUT2D eigenvalue weighted by molar-refractivity contribution is -0.153. The van der Waals surface area contributed by atoms with E-state index in [1.54, 1.807) is 14.2 Å². The first-order chi connectivity index (χ1) is 11.5. The number of benzene rings is 1. The summed E-state index contributed by atoms with van der Waals surface area (Å²) in [5.74, 6) is 0.426. The van der Waals surface area contributed by atoms with Gasteiger partial charge in [0.2, 0.25) is 0 Å². The molecule has 1 aromatic rings. The molecule has 0 spiro atoms. The largest absolute Gasteiger partial charge is 0.493 e. The number of hydrogen-bond donors (Lipinski definition) is 1. The van der Waals surface area contributed by atoms with Crippen molar-refractivity contribution in [2.45, 2.75) is 39.2 Å². The van der Waals surface area contributed by atoms with Crippen LogP contribution in [0.3, 0.4) is 0 Å². The Morgan fingerprint density at radius 2 is 2.12 bits per heavy atom.